The van der Waals surface area contributed by atoms with Crippen molar-refractivity contribution in [2.24, 2.45) is 0 Å². The van der Waals surface area contributed by atoms with Crippen molar-refractivity contribution in [3.8, 4) is 5.75 Å². The number of carbonyl (C=O) groups excluding carboxylic acids is 1. The molecule has 0 atom stereocenters. The summed E-state index contributed by atoms with van der Waals surface area (Å²) in [5.74, 6) is 0.617. The maximum Gasteiger partial charge on any atom is 0.409 e. The lowest BCUT2D eigenvalue weighted by atomic mass is 10.3. The predicted octanol–water partition coefficient (Wildman–Crippen LogP) is 2.81. The zero-order valence-corrected chi connectivity index (χ0v) is 10.7. The molecule has 17 heavy (non-hydrogen) atoms. The number of hydrogen-bond acceptors (Lipinski definition) is 3. The summed E-state index contributed by atoms with van der Waals surface area (Å²) in [6.07, 6.45) is -0.352. The van der Waals surface area contributed by atoms with Gasteiger partial charge in [-0.05, 0) is 19.1 Å². The molecule has 1 aromatic rings. The van der Waals surface area contributed by atoms with Crippen molar-refractivity contribution < 1.29 is 14.3 Å². The van der Waals surface area contributed by atoms with E-state index in [4.69, 9.17) is 21.1 Å². The number of halogens is 1. The molecule has 0 bridgehead atoms. The standard InChI is InChI=1S/C12H16ClNO3/c1-3-16-12(15)14(2)8-9-17-11-7-5-4-6-10(11)13/h4-7H,3,8-9H2,1-2H3. The molecule has 0 radical (unpaired) electrons. The third-order valence-corrected chi connectivity index (χ3v) is 2.41. The van der Waals surface area contributed by atoms with Crippen LogP contribution < -0.4 is 4.74 Å². The predicted molar refractivity (Wildman–Crippen MR) is 66.6 cm³/mol. The normalized spacial score (nSPS) is 9.82. The number of likely N-dealkylation sites (N-methyl/N-ethyl adjacent to an activating group) is 1. The fourth-order valence-electron chi connectivity index (χ4n) is 1.18. The highest BCUT2D eigenvalue weighted by Gasteiger charge is 2.08. The van der Waals surface area contributed by atoms with E-state index in [1.165, 1.54) is 4.90 Å². The summed E-state index contributed by atoms with van der Waals surface area (Å²) >= 11 is 5.92. The second-order valence-electron chi connectivity index (χ2n) is 3.40. The van der Waals surface area contributed by atoms with Crippen LogP contribution in [0.3, 0.4) is 0 Å². The largest absolute Gasteiger partial charge is 0.490 e. The van der Waals surface area contributed by atoms with Crippen LogP contribution in [0.1, 0.15) is 6.92 Å². The van der Waals surface area contributed by atoms with Crippen molar-refractivity contribution in [1.82, 2.24) is 4.90 Å². The number of hydrogen-bond donors (Lipinski definition) is 0. The monoisotopic (exact) mass is 257 g/mol. The Hall–Kier alpha value is -1.42. The first kappa shape index (κ1) is 13.6. The lowest BCUT2D eigenvalue weighted by Gasteiger charge is -2.16. The highest BCUT2D eigenvalue weighted by atomic mass is 35.5. The molecule has 0 aliphatic heterocycles. The van der Waals surface area contributed by atoms with Crippen LogP contribution in [0, 0.1) is 0 Å². The van der Waals surface area contributed by atoms with E-state index < -0.39 is 0 Å². The summed E-state index contributed by atoms with van der Waals surface area (Å²) in [6, 6.07) is 7.22. The van der Waals surface area contributed by atoms with Crippen LogP contribution in [0.2, 0.25) is 5.02 Å². The molecule has 4 nitrogen and oxygen atoms in total. The van der Waals surface area contributed by atoms with Crippen LogP contribution in [0.5, 0.6) is 5.75 Å². The molecule has 0 saturated carbocycles. The van der Waals surface area contributed by atoms with Gasteiger partial charge in [-0.15, -0.1) is 0 Å². The number of benzene rings is 1. The third-order valence-electron chi connectivity index (χ3n) is 2.10. The molecule has 0 fully saturated rings. The fraction of sp³-hybridized carbons (Fsp3) is 0.417. The summed E-state index contributed by atoms with van der Waals surface area (Å²) in [5.41, 5.74) is 0. The minimum atomic E-state index is -0.352. The van der Waals surface area contributed by atoms with Gasteiger partial charge in [0.25, 0.3) is 0 Å². The molecular weight excluding hydrogens is 242 g/mol. The van der Waals surface area contributed by atoms with Gasteiger partial charge in [0, 0.05) is 7.05 Å². The van der Waals surface area contributed by atoms with Crippen molar-refractivity contribution in [2.45, 2.75) is 6.92 Å². The molecular formula is C12H16ClNO3. The average molecular weight is 258 g/mol. The zero-order chi connectivity index (χ0) is 12.7. The maximum atomic E-state index is 11.3. The lowest BCUT2D eigenvalue weighted by Crippen LogP contribution is -2.31. The Bertz CT molecular complexity index is 371. The molecule has 0 unspecified atom stereocenters. The summed E-state index contributed by atoms with van der Waals surface area (Å²) in [5, 5.41) is 0.561. The third kappa shape index (κ3) is 4.53. The van der Waals surface area contributed by atoms with Gasteiger partial charge in [-0.2, -0.15) is 0 Å². The van der Waals surface area contributed by atoms with Gasteiger partial charge in [-0.3, -0.25) is 0 Å². The Labute approximate surface area is 106 Å². The number of amides is 1. The topological polar surface area (TPSA) is 38.8 Å². The molecule has 0 aliphatic rings. The van der Waals surface area contributed by atoms with E-state index in [0.29, 0.717) is 30.5 Å². The van der Waals surface area contributed by atoms with Gasteiger partial charge in [0.1, 0.15) is 12.4 Å². The maximum absolute atomic E-state index is 11.3. The molecule has 0 aromatic heterocycles. The van der Waals surface area contributed by atoms with Gasteiger partial charge >= 0.3 is 6.09 Å². The van der Waals surface area contributed by atoms with Crippen LogP contribution in [0.15, 0.2) is 24.3 Å². The van der Waals surface area contributed by atoms with E-state index in [0.717, 1.165) is 0 Å². The van der Waals surface area contributed by atoms with Crippen molar-refractivity contribution in [1.29, 1.82) is 0 Å². The second kappa shape index (κ2) is 7.01. The molecule has 0 spiro atoms. The van der Waals surface area contributed by atoms with E-state index >= 15 is 0 Å². The molecule has 94 valence electrons. The number of carbonyl (C=O) groups is 1. The van der Waals surface area contributed by atoms with Gasteiger partial charge in [-0.25, -0.2) is 4.79 Å². The molecule has 0 aliphatic carbocycles. The summed E-state index contributed by atoms with van der Waals surface area (Å²) in [6.45, 7) is 2.96. The quantitative estimate of drug-likeness (QED) is 0.814. The van der Waals surface area contributed by atoms with Crippen LogP contribution in [-0.2, 0) is 4.74 Å². The lowest BCUT2D eigenvalue weighted by molar-refractivity contribution is 0.110. The Morgan fingerprint density at radius 1 is 1.41 bits per heavy atom. The van der Waals surface area contributed by atoms with E-state index in [1.54, 1.807) is 26.1 Å². The van der Waals surface area contributed by atoms with Gasteiger partial charge in [0.05, 0.1) is 18.2 Å². The second-order valence-corrected chi connectivity index (χ2v) is 3.81. The Balaban J connectivity index is 2.33. The fourth-order valence-corrected chi connectivity index (χ4v) is 1.37. The van der Waals surface area contributed by atoms with Gasteiger partial charge in [0.15, 0.2) is 0 Å². The van der Waals surface area contributed by atoms with E-state index in [1.807, 2.05) is 12.1 Å². The number of nitrogens with zero attached hydrogens (tertiary/aromatic N) is 1. The Morgan fingerprint density at radius 2 is 2.12 bits per heavy atom. The van der Waals surface area contributed by atoms with Crippen molar-refractivity contribution in [2.75, 3.05) is 26.8 Å². The molecule has 0 saturated heterocycles. The van der Waals surface area contributed by atoms with Crippen molar-refractivity contribution >= 4 is 17.7 Å². The summed E-state index contributed by atoms with van der Waals surface area (Å²) < 4.78 is 10.3. The highest BCUT2D eigenvalue weighted by Crippen LogP contribution is 2.22. The first-order valence-corrected chi connectivity index (χ1v) is 5.78. The van der Waals surface area contributed by atoms with E-state index in [-0.39, 0.29) is 6.09 Å². The average Bonchev–Trinajstić information content (AvgIpc) is 2.31. The van der Waals surface area contributed by atoms with Gasteiger partial charge in [-0.1, -0.05) is 23.7 Å². The minimum absolute atomic E-state index is 0.352. The van der Waals surface area contributed by atoms with Crippen molar-refractivity contribution in [3.63, 3.8) is 0 Å². The Morgan fingerprint density at radius 3 is 2.76 bits per heavy atom. The number of ether oxygens (including phenoxy) is 2. The summed E-state index contributed by atoms with van der Waals surface area (Å²) in [4.78, 5) is 12.7. The number of para-hydroxylation sites is 1. The van der Waals surface area contributed by atoms with Crippen LogP contribution >= 0.6 is 11.6 Å². The molecule has 0 N–H and O–H groups in total. The van der Waals surface area contributed by atoms with Crippen molar-refractivity contribution in [3.05, 3.63) is 29.3 Å². The molecule has 1 amide bonds. The van der Waals surface area contributed by atoms with E-state index in [2.05, 4.69) is 0 Å². The molecule has 0 heterocycles. The first-order valence-electron chi connectivity index (χ1n) is 5.40. The number of rotatable bonds is 5. The molecule has 5 heteroatoms. The molecule has 1 rings (SSSR count). The van der Waals surface area contributed by atoms with Gasteiger partial charge in [0.2, 0.25) is 0 Å². The van der Waals surface area contributed by atoms with E-state index in [9.17, 15) is 4.79 Å². The van der Waals surface area contributed by atoms with Crippen LogP contribution in [0.25, 0.3) is 0 Å². The summed E-state index contributed by atoms with van der Waals surface area (Å²) in [7, 11) is 1.66. The van der Waals surface area contributed by atoms with Gasteiger partial charge < -0.3 is 14.4 Å². The highest BCUT2D eigenvalue weighted by molar-refractivity contribution is 6.32. The smallest absolute Gasteiger partial charge is 0.409 e. The van der Waals surface area contributed by atoms with Crippen LogP contribution in [-0.4, -0.2) is 37.8 Å². The zero-order valence-electron chi connectivity index (χ0n) is 9.98. The molecule has 1 aromatic carbocycles. The SMILES string of the molecule is CCOC(=O)N(C)CCOc1ccccc1Cl. The van der Waals surface area contributed by atoms with Crippen LogP contribution in [0.4, 0.5) is 4.79 Å². The first-order chi connectivity index (χ1) is 8.15. The minimum Gasteiger partial charge on any atom is -0.490 e. The Kier molecular flexibility index (Phi) is 5.63.